The van der Waals surface area contributed by atoms with Crippen LogP contribution in [0.4, 0.5) is 0 Å². The molecule has 0 fully saturated rings. The summed E-state index contributed by atoms with van der Waals surface area (Å²) in [6.45, 7) is 10.5. The first-order chi connectivity index (χ1) is 9.21. The van der Waals surface area contributed by atoms with Crippen LogP contribution >= 0.6 is 0 Å². The van der Waals surface area contributed by atoms with Crippen LogP contribution in [-0.2, 0) is 0 Å². The highest BCUT2D eigenvalue weighted by atomic mass is 16.5. The van der Waals surface area contributed by atoms with Crippen molar-refractivity contribution in [3.63, 3.8) is 0 Å². The van der Waals surface area contributed by atoms with Gasteiger partial charge in [-0.15, -0.1) is 0 Å². The topological polar surface area (TPSA) is 38.5 Å². The van der Waals surface area contributed by atoms with Gasteiger partial charge in [0.1, 0.15) is 5.75 Å². The van der Waals surface area contributed by atoms with Gasteiger partial charge in [0.05, 0.1) is 6.61 Å². The molecule has 1 aromatic rings. The lowest BCUT2D eigenvalue weighted by Crippen LogP contribution is -2.27. The lowest BCUT2D eigenvalue weighted by Gasteiger charge is -2.20. The largest absolute Gasteiger partial charge is 0.494 e. The standard InChI is InChI=1S/C16H28N2O/c1-4-13-19-15-9-7-14(8-10-15)16(17)11-12-18(5-2)6-3/h7-10,16H,4-6,11-13,17H2,1-3H3. The van der Waals surface area contributed by atoms with Gasteiger partial charge < -0.3 is 15.4 Å². The van der Waals surface area contributed by atoms with Gasteiger partial charge in [-0.05, 0) is 50.2 Å². The molecule has 19 heavy (non-hydrogen) atoms. The van der Waals surface area contributed by atoms with Crippen LogP contribution in [0.3, 0.4) is 0 Å². The van der Waals surface area contributed by atoms with E-state index in [1.807, 2.05) is 12.1 Å². The average Bonchev–Trinajstić information content (AvgIpc) is 2.46. The molecule has 0 saturated carbocycles. The summed E-state index contributed by atoms with van der Waals surface area (Å²) in [6, 6.07) is 8.31. The molecule has 0 aliphatic rings. The summed E-state index contributed by atoms with van der Waals surface area (Å²) in [7, 11) is 0. The molecule has 2 N–H and O–H groups in total. The van der Waals surface area contributed by atoms with Crippen LogP contribution in [0.2, 0.25) is 0 Å². The van der Waals surface area contributed by atoms with E-state index >= 15 is 0 Å². The fourth-order valence-corrected chi connectivity index (χ4v) is 2.06. The second-order valence-corrected chi connectivity index (χ2v) is 4.84. The molecule has 0 spiro atoms. The van der Waals surface area contributed by atoms with Crippen molar-refractivity contribution < 1.29 is 4.74 Å². The Morgan fingerprint density at radius 2 is 1.74 bits per heavy atom. The number of nitrogens with zero attached hydrogens (tertiary/aromatic N) is 1. The van der Waals surface area contributed by atoms with Gasteiger partial charge >= 0.3 is 0 Å². The Balaban J connectivity index is 2.45. The van der Waals surface area contributed by atoms with Crippen molar-refractivity contribution in [1.29, 1.82) is 0 Å². The fraction of sp³-hybridized carbons (Fsp3) is 0.625. The number of rotatable bonds is 9. The predicted molar refractivity (Wildman–Crippen MR) is 81.6 cm³/mol. The first-order valence-electron chi connectivity index (χ1n) is 7.41. The van der Waals surface area contributed by atoms with Gasteiger partial charge in [0.2, 0.25) is 0 Å². The summed E-state index contributed by atoms with van der Waals surface area (Å²) in [5, 5.41) is 0. The Labute approximate surface area is 117 Å². The average molecular weight is 264 g/mol. The predicted octanol–water partition coefficient (Wildman–Crippen LogP) is 3.21. The van der Waals surface area contributed by atoms with Gasteiger partial charge in [0.25, 0.3) is 0 Å². The van der Waals surface area contributed by atoms with E-state index in [1.165, 1.54) is 5.56 Å². The molecule has 0 aliphatic carbocycles. The van der Waals surface area contributed by atoms with Crippen molar-refractivity contribution in [3.8, 4) is 5.75 Å². The molecule has 0 saturated heterocycles. The van der Waals surface area contributed by atoms with Crippen LogP contribution in [0, 0.1) is 0 Å². The van der Waals surface area contributed by atoms with Crippen molar-refractivity contribution in [2.24, 2.45) is 5.73 Å². The normalized spacial score (nSPS) is 12.7. The van der Waals surface area contributed by atoms with Crippen molar-refractivity contribution in [2.45, 2.75) is 39.7 Å². The SMILES string of the molecule is CCCOc1ccc(C(N)CCN(CC)CC)cc1. The van der Waals surface area contributed by atoms with Crippen LogP contribution in [0.25, 0.3) is 0 Å². The van der Waals surface area contributed by atoms with E-state index in [9.17, 15) is 0 Å². The van der Waals surface area contributed by atoms with Crippen LogP contribution in [0.15, 0.2) is 24.3 Å². The molecule has 0 aromatic heterocycles. The number of hydrogen-bond acceptors (Lipinski definition) is 3. The Morgan fingerprint density at radius 3 is 2.26 bits per heavy atom. The minimum absolute atomic E-state index is 0.112. The Bertz CT molecular complexity index is 333. The van der Waals surface area contributed by atoms with Crippen molar-refractivity contribution >= 4 is 0 Å². The second kappa shape index (κ2) is 8.94. The van der Waals surface area contributed by atoms with Gasteiger partial charge in [0.15, 0.2) is 0 Å². The summed E-state index contributed by atoms with van der Waals surface area (Å²) >= 11 is 0. The van der Waals surface area contributed by atoms with Crippen molar-refractivity contribution in [3.05, 3.63) is 29.8 Å². The Hall–Kier alpha value is -1.06. The third kappa shape index (κ3) is 5.62. The third-order valence-electron chi connectivity index (χ3n) is 3.43. The quantitative estimate of drug-likeness (QED) is 0.744. The van der Waals surface area contributed by atoms with E-state index in [1.54, 1.807) is 0 Å². The first kappa shape index (κ1) is 16.0. The second-order valence-electron chi connectivity index (χ2n) is 4.84. The molecule has 0 radical (unpaired) electrons. The lowest BCUT2D eigenvalue weighted by atomic mass is 10.0. The highest BCUT2D eigenvalue weighted by Gasteiger charge is 2.08. The number of hydrogen-bond donors (Lipinski definition) is 1. The summed E-state index contributed by atoms with van der Waals surface area (Å²) in [5.41, 5.74) is 7.43. The molecule has 1 aromatic carbocycles. The summed E-state index contributed by atoms with van der Waals surface area (Å²) in [4.78, 5) is 2.40. The molecular formula is C16H28N2O. The molecule has 0 bridgehead atoms. The molecule has 108 valence electrons. The van der Waals surface area contributed by atoms with Crippen LogP contribution in [-0.4, -0.2) is 31.1 Å². The molecule has 1 rings (SSSR count). The maximum Gasteiger partial charge on any atom is 0.119 e. The smallest absolute Gasteiger partial charge is 0.119 e. The van der Waals surface area contributed by atoms with Crippen LogP contribution in [0.5, 0.6) is 5.75 Å². The molecule has 3 heteroatoms. The maximum absolute atomic E-state index is 6.24. The molecule has 0 heterocycles. The van der Waals surface area contributed by atoms with Gasteiger partial charge in [-0.3, -0.25) is 0 Å². The zero-order chi connectivity index (χ0) is 14.1. The molecule has 0 amide bonds. The molecule has 1 atom stereocenters. The monoisotopic (exact) mass is 264 g/mol. The van der Waals surface area contributed by atoms with E-state index in [0.717, 1.165) is 44.8 Å². The van der Waals surface area contributed by atoms with Crippen LogP contribution < -0.4 is 10.5 Å². The fourth-order valence-electron chi connectivity index (χ4n) is 2.06. The van der Waals surface area contributed by atoms with E-state index in [2.05, 4.69) is 37.8 Å². The molecule has 1 unspecified atom stereocenters. The maximum atomic E-state index is 6.24. The highest BCUT2D eigenvalue weighted by Crippen LogP contribution is 2.19. The van der Waals surface area contributed by atoms with Crippen molar-refractivity contribution in [2.75, 3.05) is 26.2 Å². The number of ether oxygens (including phenoxy) is 1. The minimum Gasteiger partial charge on any atom is -0.494 e. The van der Waals surface area contributed by atoms with E-state index in [-0.39, 0.29) is 6.04 Å². The first-order valence-corrected chi connectivity index (χ1v) is 7.41. The van der Waals surface area contributed by atoms with E-state index in [4.69, 9.17) is 10.5 Å². The molecule has 0 aliphatic heterocycles. The Kier molecular flexibility index (Phi) is 7.53. The van der Waals surface area contributed by atoms with Gasteiger partial charge in [-0.1, -0.05) is 32.9 Å². The number of benzene rings is 1. The highest BCUT2D eigenvalue weighted by molar-refractivity contribution is 5.29. The summed E-state index contributed by atoms with van der Waals surface area (Å²) < 4.78 is 5.57. The van der Waals surface area contributed by atoms with Gasteiger partial charge in [-0.2, -0.15) is 0 Å². The third-order valence-corrected chi connectivity index (χ3v) is 3.43. The van der Waals surface area contributed by atoms with Gasteiger partial charge in [-0.25, -0.2) is 0 Å². The van der Waals surface area contributed by atoms with E-state index in [0.29, 0.717) is 0 Å². The Morgan fingerprint density at radius 1 is 1.11 bits per heavy atom. The summed E-state index contributed by atoms with van der Waals surface area (Å²) in [5.74, 6) is 0.932. The minimum atomic E-state index is 0.112. The van der Waals surface area contributed by atoms with Crippen LogP contribution in [0.1, 0.15) is 45.2 Å². The lowest BCUT2D eigenvalue weighted by molar-refractivity contribution is 0.290. The zero-order valence-electron chi connectivity index (χ0n) is 12.6. The van der Waals surface area contributed by atoms with Crippen molar-refractivity contribution in [1.82, 2.24) is 4.90 Å². The zero-order valence-corrected chi connectivity index (χ0v) is 12.6. The molecular weight excluding hydrogens is 236 g/mol. The van der Waals surface area contributed by atoms with Gasteiger partial charge in [0, 0.05) is 6.04 Å². The molecule has 3 nitrogen and oxygen atoms in total. The van der Waals surface area contributed by atoms with E-state index < -0.39 is 0 Å². The number of nitrogens with two attached hydrogens (primary N) is 1. The summed E-state index contributed by atoms with van der Waals surface area (Å²) in [6.07, 6.45) is 2.03.